The van der Waals surface area contributed by atoms with Gasteiger partial charge in [0, 0.05) is 24.3 Å². The van der Waals surface area contributed by atoms with Crippen LogP contribution in [0.5, 0.6) is 0 Å². The van der Waals surface area contributed by atoms with E-state index in [4.69, 9.17) is 5.73 Å². The van der Waals surface area contributed by atoms with Gasteiger partial charge in [0.15, 0.2) is 0 Å². The number of nitrogens with zero attached hydrogens (tertiary/aromatic N) is 2. The van der Waals surface area contributed by atoms with E-state index in [9.17, 15) is 4.79 Å². The molecule has 98 valence electrons. The maximum atomic E-state index is 12.3. The number of nitrogens with two attached hydrogens (primary N) is 1. The SMILES string of the molecule is CN(C(=O)c1ccc(CN)cn1)c1ccccc1Br. The van der Waals surface area contributed by atoms with Crippen LogP contribution >= 0.6 is 15.9 Å². The standard InChI is InChI=1S/C14H14BrN3O/c1-18(13-5-3-2-4-11(13)15)14(19)12-7-6-10(8-16)9-17-12/h2-7,9H,8,16H2,1H3. The van der Waals surface area contributed by atoms with Crippen LogP contribution in [0.3, 0.4) is 0 Å². The highest BCUT2D eigenvalue weighted by Gasteiger charge is 2.16. The van der Waals surface area contributed by atoms with E-state index in [1.807, 2.05) is 30.3 Å². The third kappa shape index (κ3) is 3.00. The quantitative estimate of drug-likeness (QED) is 0.945. The first-order valence-electron chi connectivity index (χ1n) is 5.81. The zero-order valence-corrected chi connectivity index (χ0v) is 12.1. The van der Waals surface area contributed by atoms with Gasteiger partial charge in [0.25, 0.3) is 5.91 Å². The zero-order valence-electron chi connectivity index (χ0n) is 10.5. The fraction of sp³-hybridized carbons (Fsp3) is 0.143. The smallest absolute Gasteiger partial charge is 0.276 e. The molecule has 1 amide bonds. The molecule has 1 heterocycles. The molecule has 2 rings (SSSR count). The molecule has 1 aromatic carbocycles. The van der Waals surface area contributed by atoms with E-state index in [0.29, 0.717) is 12.2 Å². The topological polar surface area (TPSA) is 59.2 Å². The van der Waals surface area contributed by atoms with Gasteiger partial charge < -0.3 is 10.6 Å². The van der Waals surface area contributed by atoms with Crippen molar-refractivity contribution < 1.29 is 4.79 Å². The highest BCUT2D eigenvalue weighted by molar-refractivity contribution is 9.10. The van der Waals surface area contributed by atoms with E-state index in [1.165, 1.54) is 0 Å². The number of aromatic nitrogens is 1. The van der Waals surface area contributed by atoms with Crippen LogP contribution in [0.25, 0.3) is 0 Å². The summed E-state index contributed by atoms with van der Waals surface area (Å²) in [4.78, 5) is 18.0. The highest BCUT2D eigenvalue weighted by Crippen LogP contribution is 2.25. The number of rotatable bonds is 3. The second kappa shape index (κ2) is 5.95. The molecule has 0 spiro atoms. The Morgan fingerprint density at radius 1 is 1.32 bits per heavy atom. The molecule has 2 aromatic rings. The summed E-state index contributed by atoms with van der Waals surface area (Å²) < 4.78 is 0.865. The van der Waals surface area contributed by atoms with Gasteiger partial charge in [-0.3, -0.25) is 9.78 Å². The Labute approximate surface area is 120 Å². The first kappa shape index (κ1) is 13.7. The Bertz CT molecular complexity index is 583. The van der Waals surface area contributed by atoms with Crippen LogP contribution in [0.2, 0.25) is 0 Å². The van der Waals surface area contributed by atoms with E-state index in [2.05, 4.69) is 20.9 Å². The molecular weight excluding hydrogens is 306 g/mol. The van der Waals surface area contributed by atoms with E-state index >= 15 is 0 Å². The molecule has 0 atom stereocenters. The summed E-state index contributed by atoms with van der Waals surface area (Å²) in [5.74, 6) is -0.157. The lowest BCUT2D eigenvalue weighted by molar-refractivity contribution is 0.0988. The third-order valence-electron chi connectivity index (χ3n) is 2.80. The summed E-state index contributed by atoms with van der Waals surface area (Å²) in [6.07, 6.45) is 1.63. The molecule has 19 heavy (non-hydrogen) atoms. The normalized spacial score (nSPS) is 10.3. The molecule has 0 bridgehead atoms. The number of carbonyl (C=O) groups excluding carboxylic acids is 1. The molecule has 0 radical (unpaired) electrons. The van der Waals surface area contributed by atoms with Gasteiger partial charge in [-0.15, -0.1) is 0 Å². The summed E-state index contributed by atoms with van der Waals surface area (Å²) >= 11 is 3.43. The van der Waals surface area contributed by atoms with Crippen LogP contribution in [0.4, 0.5) is 5.69 Å². The van der Waals surface area contributed by atoms with Gasteiger partial charge in [-0.05, 0) is 39.7 Å². The van der Waals surface area contributed by atoms with Gasteiger partial charge in [-0.25, -0.2) is 0 Å². The minimum atomic E-state index is -0.157. The maximum absolute atomic E-state index is 12.3. The van der Waals surface area contributed by atoms with Crippen molar-refractivity contribution in [2.45, 2.75) is 6.54 Å². The van der Waals surface area contributed by atoms with Crippen LogP contribution in [-0.4, -0.2) is 17.9 Å². The fourth-order valence-electron chi connectivity index (χ4n) is 1.68. The summed E-state index contributed by atoms with van der Waals surface area (Å²) in [7, 11) is 1.72. The highest BCUT2D eigenvalue weighted by atomic mass is 79.9. The van der Waals surface area contributed by atoms with Gasteiger partial charge in [0.05, 0.1) is 5.69 Å². The largest absolute Gasteiger partial charge is 0.326 e. The zero-order chi connectivity index (χ0) is 13.8. The summed E-state index contributed by atoms with van der Waals surface area (Å²) in [5, 5.41) is 0. The average Bonchev–Trinajstić information content (AvgIpc) is 2.46. The van der Waals surface area contributed by atoms with Crippen molar-refractivity contribution in [2.24, 2.45) is 5.73 Å². The summed E-state index contributed by atoms with van der Waals surface area (Å²) in [6, 6.07) is 11.1. The minimum Gasteiger partial charge on any atom is -0.326 e. The number of benzene rings is 1. The van der Waals surface area contributed by atoms with Gasteiger partial charge in [-0.2, -0.15) is 0 Å². The molecule has 4 nitrogen and oxygen atoms in total. The van der Waals surface area contributed by atoms with Crippen molar-refractivity contribution in [3.05, 3.63) is 58.3 Å². The van der Waals surface area contributed by atoms with Crippen LogP contribution in [0, 0.1) is 0 Å². The Morgan fingerprint density at radius 2 is 2.05 bits per heavy atom. The Balaban J connectivity index is 2.26. The maximum Gasteiger partial charge on any atom is 0.276 e. The molecule has 0 aliphatic rings. The monoisotopic (exact) mass is 319 g/mol. The molecule has 2 N–H and O–H groups in total. The lowest BCUT2D eigenvalue weighted by Gasteiger charge is -2.18. The predicted molar refractivity (Wildman–Crippen MR) is 79.0 cm³/mol. The van der Waals surface area contributed by atoms with E-state index in [-0.39, 0.29) is 5.91 Å². The first-order chi connectivity index (χ1) is 9.13. The van der Waals surface area contributed by atoms with Gasteiger partial charge >= 0.3 is 0 Å². The van der Waals surface area contributed by atoms with Gasteiger partial charge in [0.2, 0.25) is 0 Å². The second-order valence-electron chi connectivity index (χ2n) is 4.07. The molecule has 0 saturated carbocycles. The van der Waals surface area contributed by atoms with Crippen LogP contribution in [0.1, 0.15) is 16.1 Å². The van der Waals surface area contributed by atoms with Crippen LogP contribution < -0.4 is 10.6 Å². The van der Waals surface area contributed by atoms with E-state index < -0.39 is 0 Å². The molecule has 0 aliphatic heterocycles. The third-order valence-corrected chi connectivity index (χ3v) is 3.47. The molecule has 0 saturated heterocycles. The number of hydrogen-bond acceptors (Lipinski definition) is 3. The van der Waals surface area contributed by atoms with Gasteiger partial charge in [0.1, 0.15) is 5.69 Å². The molecular formula is C14H14BrN3O. The Morgan fingerprint density at radius 3 is 2.63 bits per heavy atom. The number of amides is 1. The van der Waals surface area contributed by atoms with Crippen molar-refractivity contribution >= 4 is 27.5 Å². The Kier molecular flexibility index (Phi) is 4.29. The van der Waals surface area contributed by atoms with Crippen LogP contribution in [0.15, 0.2) is 47.1 Å². The van der Waals surface area contributed by atoms with E-state index in [1.54, 1.807) is 24.2 Å². The second-order valence-corrected chi connectivity index (χ2v) is 4.93. The lowest BCUT2D eigenvalue weighted by atomic mass is 10.2. The minimum absolute atomic E-state index is 0.157. The lowest BCUT2D eigenvalue weighted by Crippen LogP contribution is -2.27. The molecule has 1 aromatic heterocycles. The Hall–Kier alpha value is -1.72. The molecule has 0 unspecified atom stereocenters. The van der Waals surface area contributed by atoms with Crippen molar-refractivity contribution in [3.63, 3.8) is 0 Å². The number of para-hydroxylation sites is 1. The summed E-state index contributed by atoms with van der Waals surface area (Å²) in [5.41, 5.74) is 7.61. The number of pyridine rings is 1. The van der Waals surface area contributed by atoms with Crippen LogP contribution in [-0.2, 0) is 6.54 Å². The predicted octanol–water partition coefficient (Wildman–Crippen LogP) is 2.58. The first-order valence-corrected chi connectivity index (χ1v) is 6.60. The van der Waals surface area contributed by atoms with Crippen molar-refractivity contribution in [1.82, 2.24) is 4.98 Å². The van der Waals surface area contributed by atoms with Gasteiger partial charge in [-0.1, -0.05) is 18.2 Å². The molecule has 0 aliphatic carbocycles. The van der Waals surface area contributed by atoms with Crippen molar-refractivity contribution in [1.29, 1.82) is 0 Å². The molecule has 0 fully saturated rings. The summed E-state index contributed by atoms with van der Waals surface area (Å²) in [6.45, 7) is 0.418. The fourth-order valence-corrected chi connectivity index (χ4v) is 2.23. The van der Waals surface area contributed by atoms with E-state index in [0.717, 1.165) is 15.7 Å². The average molecular weight is 320 g/mol. The number of hydrogen-bond donors (Lipinski definition) is 1. The number of anilines is 1. The molecule has 5 heteroatoms. The van der Waals surface area contributed by atoms with Crippen molar-refractivity contribution in [2.75, 3.05) is 11.9 Å². The number of halogens is 1. The number of carbonyl (C=O) groups is 1. The van der Waals surface area contributed by atoms with Crippen molar-refractivity contribution in [3.8, 4) is 0 Å².